The molecule has 0 unspecified atom stereocenters. The SMILES string of the molecule is Cc1cc2cc3c(cc2[nH]c1=O)CN(C(=O)c1cccc(Br)c1)CC3. The highest BCUT2D eigenvalue weighted by Crippen LogP contribution is 2.25. The van der Waals surface area contributed by atoms with Crippen LogP contribution in [-0.2, 0) is 13.0 Å². The molecule has 1 N–H and O–H groups in total. The summed E-state index contributed by atoms with van der Waals surface area (Å²) in [5, 5.41) is 1.04. The highest BCUT2D eigenvalue weighted by Gasteiger charge is 2.22. The number of benzene rings is 2. The number of fused-ring (bicyclic) bond motifs is 2. The van der Waals surface area contributed by atoms with Gasteiger partial charge in [-0.3, -0.25) is 9.59 Å². The van der Waals surface area contributed by atoms with E-state index < -0.39 is 0 Å². The van der Waals surface area contributed by atoms with Crippen LogP contribution >= 0.6 is 15.9 Å². The lowest BCUT2D eigenvalue weighted by atomic mass is 9.96. The molecular weight excluding hydrogens is 380 g/mol. The zero-order valence-electron chi connectivity index (χ0n) is 13.8. The van der Waals surface area contributed by atoms with E-state index in [1.807, 2.05) is 48.2 Å². The largest absolute Gasteiger partial charge is 0.334 e. The lowest BCUT2D eigenvalue weighted by Gasteiger charge is -2.29. The first-order valence-corrected chi connectivity index (χ1v) is 9.01. The fourth-order valence-corrected chi connectivity index (χ4v) is 3.75. The average Bonchev–Trinajstić information content (AvgIpc) is 2.60. The Morgan fingerprint density at radius 2 is 2.00 bits per heavy atom. The maximum Gasteiger partial charge on any atom is 0.254 e. The molecule has 0 spiro atoms. The third-order valence-corrected chi connectivity index (χ3v) is 5.21. The molecule has 3 aromatic rings. The fourth-order valence-electron chi connectivity index (χ4n) is 3.35. The van der Waals surface area contributed by atoms with Crippen LogP contribution in [0.25, 0.3) is 10.9 Å². The van der Waals surface area contributed by atoms with Crippen molar-refractivity contribution in [3.63, 3.8) is 0 Å². The second-order valence-electron chi connectivity index (χ2n) is 6.48. The van der Waals surface area contributed by atoms with Gasteiger partial charge in [0.1, 0.15) is 0 Å². The summed E-state index contributed by atoms with van der Waals surface area (Å²) < 4.78 is 0.898. The molecule has 5 heteroatoms. The third-order valence-electron chi connectivity index (χ3n) is 4.72. The first kappa shape index (κ1) is 16.1. The topological polar surface area (TPSA) is 53.2 Å². The molecule has 0 saturated carbocycles. The predicted octanol–water partition coefficient (Wildman–Crippen LogP) is 3.80. The molecule has 2 heterocycles. The van der Waals surface area contributed by atoms with Crippen molar-refractivity contribution < 1.29 is 4.79 Å². The Balaban J connectivity index is 1.68. The Morgan fingerprint density at radius 3 is 2.80 bits per heavy atom. The fraction of sp³-hybridized carbons (Fsp3) is 0.200. The van der Waals surface area contributed by atoms with Crippen LogP contribution in [0.15, 0.2) is 51.7 Å². The summed E-state index contributed by atoms with van der Waals surface area (Å²) in [7, 11) is 0. The standard InChI is InChI=1S/C20H17BrN2O2/c1-12-7-15-8-13-5-6-23(11-16(13)10-18(15)22-19(12)24)20(25)14-3-2-4-17(21)9-14/h2-4,7-10H,5-6,11H2,1H3,(H,22,24). The number of carbonyl (C=O) groups excluding carboxylic acids is 1. The third kappa shape index (κ3) is 3.00. The van der Waals surface area contributed by atoms with Gasteiger partial charge in [0.15, 0.2) is 0 Å². The van der Waals surface area contributed by atoms with Crippen molar-refractivity contribution in [3.05, 3.63) is 79.5 Å². The van der Waals surface area contributed by atoms with Crippen LogP contribution in [0, 0.1) is 6.92 Å². The summed E-state index contributed by atoms with van der Waals surface area (Å²) in [5.74, 6) is 0.0319. The van der Waals surface area contributed by atoms with Crippen molar-refractivity contribution >= 4 is 32.7 Å². The zero-order valence-corrected chi connectivity index (χ0v) is 15.4. The van der Waals surface area contributed by atoms with Gasteiger partial charge in [0.05, 0.1) is 0 Å². The van der Waals surface area contributed by atoms with E-state index in [1.54, 1.807) is 0 Å². The Hall–Kier alpha value is -2.40. The molecule has 1 aliphatic heterocycles. The molecule has 0 radical (unpaired) electrons. The van der Waals surface area contributed by atoms with Crippen LogP contribution in [0.1, 0.15) is 27.0 Å². The van der Waals surface area contributed by atoms with Crippen LogP contribution < -0.4 is 5.56 Å². The molecule has 0 bridgehead atoms. The quantitative estimate of drug-likeness (QED) is 0.679. The Kier molecular flexibility index (Phi) is 3.96. The van der Waals surface area contributed by atoms with Crippen LogP contribution in [0.2, 0.25) is 0 Å². The van der Waals surface area contributed by atoms with Crippen LogP contribution in [0.4, 0.5) is 0 Å². The Morgan fingerprint density at radius 1 is 1.16 bits per heavy atom. The number of aromatic amines is 1. The van der Waals surface area contributed by atoms with Crippen molar-refractivity contribution in [1.29, 1.82) is 0 Å². The summed E-state index contributed by atoms with van der Waals surface area (Å²) in [4.78, 5) is 29.4. The highest BCUT2D eigenvalue weighted by atomic mass is 79.9. The van der Waals surface area contributed by atoms with Gasteiger partial charge < -0.3 is 9.88 Å². The molecule has 0 saturated heterocycles. The lowest BCUT2D eigenvalue weighted by Crippen LogP contribution is -2.36. The number of pyridine rings is 1. The lowest BCUT2D eigenvalue weighted by molar-refractivity contribution is 0.0735. The van der Waals surface area contributed by atoms with Crippen molar-refractivity contribution in [1.82, 2.24) is 9.88 Å². The first-order valence-electron chi connectivity index (χ1n) is 8.21. The molecule has 25 heavy (non-hydrogen) atoms. The van der Waals surface area contributed by atoms with Crippen molar-refractivity contribution in [2.24, 2.45) is 0 Å². The summed E-state index contributed by atoms with van der Waals surface area (Å²) in [6.07, 6.45) is 0.823. The zero-order chi connectivity index (χ0) is 17.6. The van der Waals surface area contributed by atoms with Gasteiger partial charge in [-0.05, 0) is 66.3 Å². The number of nitrogens with one attached hydrogen (secondary N) is 1. The molecule has 126 valence electrons. The summed E-state index contributed by atoms with van der Waals surface area (Å²) in [6, 6.07) is 13.5. The molecule has 1 aromatic heterocycles. The van der Waals surface area contributed by atoms with Crippen LogP contribution in [-0.4, -0.2) is 22.3 Å². The molecule has 0 fully saturated rings. The number of nitrogens with zero attached hydrogens (tertiary/aromatic N) is 1. The first-order chi connectivity index (χ1) is 12.0. The Bertz CT molecular complexity index is 1060. The summed E-state index contributed by atoms with van der Waals surface area (Å²) in [5.41, 5.74) is 4.51. The highest BCUT2D eigenvalue weighted by molar-refractivity contribution is 9.10. The molecule has 2 aromatic carbocycles. The molecular formula is C20H17BrN2O2. The van der Waals surface area contributed by atoms with Crippen molar-refractivity contribution in [2.45, 2.75) is 19.9 Å². The second kappa shape index (κ2) is 6.15. The van der Waals surface area contributed by atoms with Gasteiger partial charge in [0, 0.05) is 34.2 Å². The number of aromatic nitrogens is 1. The molecule has 4 rings (SSSR count). The van der Waals surface area contributed by atoms with E-state index in [0.29, 0.717) is 18.7 Å². The number of hydrogen-bond donors (Lipinski definition) is 1. The van der Waals surface area contributed by atoms with E-state index >= 15 is 0 Å². The maximum absolute atomic E-state index is 12.8. The van der Waals surface area contributed by atoms with Gasteiger partial charge in [0.25, 0.3) is 11.5 Å². The van der Waals surface area contributed by atoms with Crippen molar-refractivity contribution in [2.75, 3.05) is 6.54 Å². The van der Waals surface area contributed by atoms with E-state index in [9.17, 15) is 9.59 Å². The van der Waals surface area contributed by atoms with Gasteiger partial charge in [-0.2, -0.15) is 0 Å². The van der Waals surface area contributed by atoms with Gasteiger partial charge >= 0.3 is 0 Å². The molecule has 1 amide bonds. The molecule has 1 aliphatic rings. The normalized spacial score (nSPS) is 13.8. The number of halogens is 1. The minimum absolute atomic E-state index is 0.0319. The number of H-pyrrole nitrogens is 1. The number of rotatable bonds is 1. The van der Waals surface area contributed by atoms with Gasteiger partial charge in [-0.15, -0.1) is 0 Å². The van der Waals surface area contributed by atoms with E-state index in [-0.39, 0.29) is 11.5 Å². The van der Waals surface area contributed by atoms with E-state index in [2.05, 4.69) is 27.0 Å². The van der Waals surface area contributed by atoms with Gasteiger partial charge in [-0.25, -0.2) is 0 Å². The average molecular weight is 397 g/mol. The minimum Gasteiger partial charge on any atom is -0.334 e. The number of amides is 1. The minimum atomic E-state index is -0.0645. The number of hydrogen-bond acceptors (Lipinski definition) is 2. The second-order valence-corrected chi connectivity index (χ2v) is 7.39. The molecule has 0 aliphatic carbocycles. The summed E-state index contributed by atoms with van der Waals surface area (Å²) in [6.45, 7) is 3.08. The van der Waals surface area contributed by atoms with E-state index in [1.165, 1.54) is 5.56 Å². The number of carbonyl (C=O) groups is 1. The van der Waals surface area contributed by atoms with Crippen molar-refractivity contribution in [3.8, 4) is 0 Å². The number of aryl methyl sites for hydroxylation is 1. The van der Waals surface area contributed by atoms with Gasteiger partial charge in [-0.1, -0.05) is 22.0 Å². The van der Waals surface area contributed by atoms with E-state index in [4.69, 9.17) is 0 Å². The summed E-state index contributed by atoms with van der Waals surface area (Å²) >= 11 is 3.42. The monoisotopic (exact) mass is 396 g/mol. The molecule has 0 atom stereocenters. The maximum atomic E-state index is 12.8. The molecule has 4 nitrogen and oxygen atoms in total. The smallest absolute Gasteiger partial charge is 0.254 e. The van der Waals surface area contributed by atoms with Gasteiger partial charge in [0.2, 0.25) is 0 Å². The van der Waals surface area contributed by atoms with E-state index in [0.717, 1.165) is 32.9 Å². The predicted molar refractivity (Wildman–Crippen MR) is 102 cm³/mol. The Labute approximate surface area is 153 Å². The van der Waals surface area contributed by atoms with Crippen LogP contribution in [0.3, 0.4) is 0 Å². The van der Waals surface area contributed by atoms with Crippen LogP contribution in [0.5, 0.6) is 0 Å².